The minimum atomic E-state index is -0.270. The van der Waals surface area contributed by atoms with Crippen LogP contribution in [0.3, 0.4) is 0 Å². The van der Waals surface area contributed by atoms with Crippen LogP contribution < -0.4 is 0 Å². The highest BCUT2D eigenvalue weighted by atomic mass is 16.3. The lowest BCUT2D eigenvalue weighted by Crippen LogP contribution is -2.45. The van der Waals surface area contributed by atoms with Gasteiger partial charge < -0.3 is 20.2 Å². The van der Waals surface area contributed by atoms with Gasteiger partial charge in [-0.15, -0.1) is 0 Å². The molecule has 1 aromatic heterocycles. The number of aromatic nitrogens is 2. The largest absolute Gasteiger partial charge is 0.395 e. The van der Waals surface area contributed by atoms with Crippen LogP contribution in [0.4, 0.5) is 0 Å². The molecule has 1 aromatic rings. The third kappa shape index (κ3) is 4.38. The number of aliphatic hydroxyl groups excluding tert-OH is 3. The topological polar surface area (TPSA) is 102 Å². The molecule has 0 bridgehead atoms. The molecule has 0 unspecified atom stereocenters. The normalized spacial score (nSPS) is 19.4. The Labute approximate surface area is 147 Å². The Morgan fingerprint density at radius 2 is 1.92 bits per heavy atom. The molecule has 1 fully saturated rings. The number of amides is 1. The van der Waals surface area contributed by atoms with Crippen LogP contribution in [-0.4, -0.2) is 85.8 Å². The van der Waals surface area contributed by atoms with Crippen molar-refractivity contribution in [3.8, 4) is 0 Å². The van der Waals surface area contributed by atoms with E-state index in [-0.39, 0.29) is 31.3 Å². The van der Waals surface area contributed by atoms with Crippen LogP contribution in [0.5, 0.6) is 0 Å². The van der Waals surface area contributed by atoms with Crippen molar-refractivity contribution in [2.45, 2.75) is 50.9 Å². The van der Waals surface area contributed by atoms with Crippen LogP contribution in [0.15, 0.2) is 6.07 Å². The van der Waals surface area contributed by atoms with Gasteiger partial charge in [0.05, 0.1) is 43.3 Å². The van der Waals surface area contributed by atoms with Gasteiger partial charge >= 0.3 is 0 Å². The van der Waals surface area contributed by atoms with Gasteiger partial charge in [0.25, 0.3) is 0 Å². The second kappa shape index (κ2) is 8.27. The third-order valence-electron chi connectivity index (χ3n) is 5.23. The zero-order valence-electron chi connectivity index (χ0n) is 14.5. The zero-order chi connectivity index (χ0) is 17.8. The number of rotatable bonds is 6. The van der Waals surface area contributed by atoms with Crippen LogP contribution >= 0.6 is 0 Å². The third-order valence-corrected chi connectivity index (χ3v) is 5.23. The highest BCUT2D eigenvalue weighted by Gasteiger charge is 2.25. The van der Waals surface area contributed by atoms with Gasteiger partial charge in [-0.25, -0.2) is 0 Å². The monoisotopic (exact) mass is 352 g/mol. The molecule has 25 heavy (non-hydrogen) atoms. The van der Waals surface area contributed by atoms with E-state index in [0.717, 1.165) is 24.5 Å². The molecule has 0 saturated carbocycles. The van der Waals surface area contributed by atoms with Crippen molar-refractivity contribution in [1.82, 2.24) is 19.6 Å². The SMILES string of the molecule is O=C(CCc1cc2n(n1)CCN(C(CO)CO)C2)N1CCC(O)CC1. The number of nitrogens with zero attached hydrogens (tertiary/aromatic N) is 4. The molecule has 0 radical (unpaired) electrons. The summed E-state index contributed by atoms with van der Waals surface area (Å²) in [4.78, 5) is 16.2. The molecule has 0 atom stereocenters. The summed E-state index contributed by atoms with van der Waals surface area (Å²) in [7, 11) is 0. The first-order valence-electron chi connectivity index (χ1n) is 9.08. The Bertz CT molecular complexity index is 579. The molecule has 2 aliphatic heterocycles. The highest BCUT2D eigenvalue weighted by molar-refractivity contribution is 5.76. The van der Waals surface area contributed by atoms with Crippen molar-refractivity contribution >= 4 is 5.91 Å². The van der Waals surface area contributed by atoms with Gasteiger partial charge in [0.1, 0.15) is 0 Å². The predicted octanol–water partition coefficient (Wildman–Crippen LogP) is -1.03. The van der Waals surface area contributed by atoms with E-state index in [1.165, 1.54) is 0 Å². The van der Waals surface area contributed by atoms with Crippen LogP contribution in [-0.2, 0) is 24.3 Å². The van der Waals surface area contributed by atoms with Crippen LogP contribution in [0.2, 0.25) is 0 Å². The van der Waals surface area contributed by atoms with E-state index >= 15 is 0 Å². The summed E-state index contributed by atoms with van der Waals surface area (Å²) in [6, 6.07) is 1.79. The Kier molecular flexibility index (Phi) is 6.06. The van der Waals surface area contributed by atoms with Gasteiger partial charge in [-0.3, -0.25) is 14.4 Å². The molecule has 1 amide bonds. The molecule has 3 N–H and O–H groups in total. The maximum atomic E-state index is 12.3. The molecule has 3 rings (SSSR count). The molecule has 8 nitrogen and oxygen atoms in total. The van der Waals surface area contributed by atoms with E-state index < -0.39 is 0 Å². The van der Waals surface area contributed by atoms with Crippen molar-refractivity contribution in [1.29, 1.82) is 0 Å². The van der Waals surface area contributed by atoms with Crippen LogP contribution in [0, 0.1) is 0 Å². The van der Waals surface area contributed by atoms with Gasteiger partial charge in [0.2, 0.25) is 5.91 Å². The minimum absolute atomic E-state index is 0.0590. The molecular weight excluding hydrogens is 324 g/mol. The molecule has 2 aliphatic rings. The lowest BCUT2D eigenvalue weighted by molar-refractivity contribution is -0.133. The van der Waals surface area contributed by atoms with Crippen molar-refractivity contribution in [3.63, 3.8) is 0 Å². The Balaban J connectivity index is 1.53. The van der Waals surface area contributed by atoms with Crippen molar-refractivity contribution in [2.24, 2.45) is 0 Å². The predicted molar refractivity (Wildman–Crippen MR) is 90.7 cm³/mol. The number of likely N-dealkylation sites (tertiary alicyclic amines) is 1. The summed E-state index contributed by atoms with van der Waals surface area (Å²) in [5.41, 5.74) is 1.97. The Morgan fingerprint density at radius 1 is 1.20 bits per heavy atom. The van der Waals surface area contributed by atoms with Gasteiger partial charge in [-0.2, -0.15) is 5.10 Å². The average Bonchev–Trinajstić information content (AvgIpc) is 3.03. The Hall–Kier alpha value is -1.48. The number of carbonyl (C=O) groups excluding carboxylic acids is 1. The molecule has 3 heterocycles. The number of hydrogen-bond acceptors (Lipinski definition) is 6. The first kappa shape index (κ1) is 18.3. The van der Waals surface area contributed by atoms with Gasteiger partial charge in [-0.05, 0) is 18.9 Å². The van der Waals surface area contributed by atoms with Gasteiger partial charge in [0.15, 0.2) is 0 Å². The fourth-order valence-corrected chi connectivity index (χ4v) is 3.58. The number of aliphatic hydroxyl groups is 3. The standard InChI is InChI=1S/C17H28N4O4/c22-11-15(12-23)20-7-8-21-14(10-20)9-13(18-21)1-2-17(25)19-5-3-16(24)4-6-19/h9,15-16,22-24H,1-8,10-12H2. The van der Waals surface area contributed by atoms with E-state index in [9.17, 15) is 20.1 Å². The van der Waals surface area contributed by atoms with Crippen LogP contribution in [0.25, 0.3) is 0 Å². The maximum Gasteiger partial charge on any atom is 0.222 e. The van der Waals surface area contributed by atoms with E-state index in [2.05, 4.69) is 10.00 Å². The zero-order valence-corrected chi connectivity index (χ0v) is 14.5. The summed E-state index contributed by atoms with van der Waals surface area (Å²) in [6.45, 7) is 3.28. The second-order valence-electron chi connectivity index (χ2n) is 6.95. The summed E-state index contributed by atoms with van der Waals surface area (Å²) in [5.74, 6) is 0.125. The summed E-state index contributed by atoms with van der Waals surface area (Å²) in [5, 5.41) is 32.8. The molecule has 1 saturated heterocycles. The molecule has 0 aromatic carbocycles. The first-order chi connectivity index (χ1) is 12.1. The van der Waals surface area contributed by atoms with Gasteiger partial charge in [0, 0.05) is 39.0 Å². The number of hydrogen-bond donors (Lipinski definition) is 3. The van der Waals surface area contributed by atoms with Crippen LogP contribution in [0.1, 0.15) is 30.7 Å². The molecular formula is C17H28N4O4. The lowest BCUT2D eigenvalue weighted by atomic mass is 10.1. The number of fused-ring (bicyclic) bond motifs is 1. The smallest absolute Gasteiger partial charge is 0.222 e. The molecule has 140 valence electrons. The van der Waals surface area contributed by atoms with E-state index in [1.54, 1.807) is 0 Å². The summed E-state index contributed by atoms with van der Waals surface area (Å²) in [6.07, 6.45) is 2.11. The first-order valence-corrected chi connectivity index (χ1v) is 9.08. The lowest BCUT2D eigenvalue weighted by Gasteiger charge is -2.32. The minimum Gasteiger partial charge on any atom is -0.395 e. The number of aryl methyl sites for hydroxylation is 1. The summed E-state index contributed by atoms with van der Waals surface area (Å²) >= 11 is 0. The fraction of sp³-hybridized carbons (Fsp3) is 0.765. The second-order valence-corrected chi connectivity index (χ2v) is 6.95. The fourth-order valence-electron chi connectivity index (χ4n) is 3.58. The molecule has 0 spiro atoms. The van der Waals surface area contributed by atoms with E-state index in [0.29, 0.717) is 45.3 Å². The highest BCUT2D eigenvalue weighted by Crippen LogP contribution is 2.17. The van der Waals surface area contributed by atoms with Crippen molar-refractivity contribution < 1.29 is 20.1 Å². The summed E-state index contributed by atoms with van der Waals surface area (Å²) < 4.78 is 1.96. The van der Waals surface area contributed by atoms with Crippen molar-refractivity contribution in [3.05, 3.63) is 17.5 Å². The average molecular weight is 352 g/mol. The quantitative estimate of drug-likeness (QED) is 0.605. The van der Waals surface area contributed by atoms with Crippen molar-refractivity contribution in [2.75, 3.05) is 32.8 Å². The van der Waals surface area contributed by atoms with E-state index in [4.69, 9.17) is 0 Å². The Morgan fingerprint density at radius 3 is 2.60 bits per heavy atom. The molecule has 8 heteroatoms. The molecule has 0 aliphatic carbocycles. The maximum absolute atomic E-state index is 12.3. The van der Waals surface area contributed by atoms with E-state index in [1.807, 2.05) is 15.6 Å². The number of piperidine rings is 1. The van der Waals surface area contributed by atoms with Gasteiger partial charge in [-0.1, -0.05) is 0 Å². The number of carbonyl (C=O) groups is 1.